The number of nitrogens with one attached hydrogen (secondary N) is 1. The van der Waals surface area contributed by atoms with Crippen LogP contribution in [0.1, 0.15) is 30.3 Å². The monoisotopic (exact) mass is 253 g/mol. The van der Waals surface area contributed by atoms with Crippen molar-refractivity contribution in [2.24, 2.45) is 5.41 Å². The predicted octanol–water partition coefficient (Wildman–Crippen LogP) is 0.114. The van der Waals surface area contributed by atoms with Crippen molar-refractivity contribution in [2.45, 2.75) is 19.8 Å². The number of piperidine rings is 1. The molecule has 1 saturated heterocycles. The van der Waals surface area contributed by atoms with E-state index in [1.54, 1.807) is 0 Å². The van der Waals surface area contributed by atoms with Crippen molar-refractivity contribution in [3.63, 3.8) is 0 Å². The van der Waals surface area contributed by atoms with Gasteiger partial charge in [-0.2, -0.15) is 0 Å². The molecule has 1 fully saturated rings. The summed E-state index contributed by atoms with van der Waals surface area (Å²) in [7, 11) is 2.11. The van der Waals surface area contributed by atoms with E-state index in [-0.39, 0.29) is 22.8 Å². The third-order valence-corrected chi connectivity index (χ3v) is 3.60. The van der Waals surface area contributed by atoms with Crippen LogP contribution in [0.2, 0.25) is 0 Å². The van der Waals surface area contributed by atoms with Crippen LogP contribution < -0.4 is 11.1 Å². The van der Waals surface area contributed by atoms with Crippen LogP contribution in [-0.4, -0.2) is 47.8 Å². The number of hydrogen-bond donors (Lipinski definition) is 2. The molecule has 1 aliphatic heterocycles. The van der Waals surface area contributed by atoms with Gasteiger partial charge in [-0.1, -0.05) is 6.92 Å². The molecule has 1 aromatic rings. The molecule has 7 nitrogen and oxygen atoms in total. The first-order valence-corrected chi connectivity index (χ1v) is 6.05. The molecule has 100 valence electrons. The Kier molecular flexibility index (Phi) is 3.51. The molecule has 2 heterocycles. The van der Waals surface area contributed by atoms with Gasteiger partial charge in [0.2, 0.25) is 11.5 Å². The normalized spacial score (nSPS) is 19.7. The van der Waals surface area contributed by atoms with Crippen LogP contribution in [0.4, 0.5) is 5.82 Å². The largest absolute Gasteiger partial charge is 0.379 e. The highest BCUT2D eigenvalue weighted by Crippen LogP contribution is 2.29. The van der Waals surface area contributed by atoms with Crippen LogP contribution in [0.5, 0.6) is 0 Å². The highest BCUT2D eigenvalue weighted by Gasteiger charge is 2.29. The van der Waals surface area contributed by atoms with Gasteiger partial charge in [-0.05, 0) is 48.7 Å². The predicted molar refractivity (Wildman–Crippen MR) is 65.9 cm³/mol. The fourth-order valence-corrected chi connectivity index (χ4v) is 2.07. The maximum atomic E-state index is 11.8. The molecule has 1 aliphatic rings. The van der Waals surface area contributed by atoms with Gasteiger partial charge in [-0.15, -0.1) is 0 Å². The maximum Gasteiger partial charge on any atom is 0.277 e. The summed E-state index contributed by atoms with van der Waals surface area (Å²) in [6, 6.07) is 0. The number of nitrogens with zero attached hydrogens (tertiary/aromatic N) is 3. The Balaban J connectivity index is 1.88. The highest BCUT2D eigenvalue weighted by molar-refractivity contribution is 5.95. The molecule has 0 bridgehead atoms. The quantitative estimate of drug-likeness (QED) is 0.793. The second-order valence-electron chi connectivity index (χ2n) is 5.29. The molecular formula is C11H19N5O2. The Morgan fingerprint density at radius 2 is 2.17 bits per heavy atom. The first kappa shape index (κ1) is 12.8. The summed E-state index contributed by atoms with van der Waals surface area (Å²) in [6.07, 6.45) is 2.13. The van der Waals surface area contributed by atoms with E-state index < -0.39 is 0 Å². The van der Waals surface area contributed by atoms with E-state index in [1.165, 1.54) is 0 Å². The van der Waals surface area contributed by atoms with E-state index in [9.17, 15) is 4.79 Å². The summed E-state index contributed by atoms with van der Waals surface area (Å²) in [5.41, 5.74) is 5.66. The van der Waals surface area contributed by atoms with Gasteiger partial charge in [0.1, 0.15) is 0 Å². The lowest BCUT2D eigenvalue weighted by atomic mass is 9.80. The fourth-order valence-electron chi connectivity index (χ4n) is 2.07. The van der Waals surface area contributed by atoms with E-state index in [4.69, 9.17) is 5.73 Å². The molecule has 2 rings (SSSR count). The Hall–Kier alpha value is -1.63. The zero-order valence-corrected chi connectivity index (χ0v) is 10.8. The summed E-state index contributed by atoms with van der Waals surface area (Å²) >= 11 is 0. The molecule has 1 aromatic heterocycles. The topological polar surface area (TPSA) is 97.3 Å². The van der Waals surface area contributed by atoms with E-state index in [0.29, 0.717) is 6.54 Å². The lowest BCUT2D eigenvalue weighted by Crippen LogP contribution is -2.43. The lowest BCUT2D eigenvalue weighted by molar-refractivity contribution is 0.0883. The first-order chi connectivity index (χ1) is 8.50. The molecule has 1 amide bonds. The number of amides is 1. The Bertz CT molecular complexity index is 423. The number of likely N-dealkylation sites (tertiary alicyclic amines) is 1. The van der Waals surface area contributed by atoms with Crippen LogP contribution in [-0.2, 0) is 0 Å². The van der Waals surface area contributed by atoms with E-state index >= 15 is 0 Å². The number of anilines is 1. The van der Waals surface area contributed by atoms with Gasteiger partial charge >= 0.3 is 0 Å². The zero-order valence-electron chi connectivity index (χ0n) is 10.8. The van der Waals surface area contributed by atoms with Crippen molar-refractivity contribution >= 4 is 11.7 Å². The summed E-state index contributed by atoms with van der Waals surface area (Å²) in [5, 5.41) is 9.72. The SMILES string of the molecule is CN1CCC(C)(CNC(=O)c2nonc2N)CC1. The fraction of sp³-hybridized carbons (Fsp3) is 0.727. The van der Waals surface area contributed by atoms with Gasteiger partial charge in [0, 0.05) is 6.54 Å². The first-order valence-electron chi connectivity index (χ1n) is 6.05. The molecular weight excluding hydrogens is 234 g/mol. The van der Waals surface area contributed by atoms with Crippen LogP contribution in [0.3, 0.4) is 0 Å². The molecule has 7 heteroatoms. The number of rotatable bonds is 3. The summed E-state index contributed by atoms with van der Waals surface area (Å²) in [5.74, 6) is -0.296. The van der Waals surface area contributed by atoms with Gasteiger partial charge < -0.3 is 16.0 Å². The average molecular weight is 253 g/mol. The van der Waals surface area contributed by atoms with Crippen molar-refractivity contribution in [3.8, 4) is 0 Å². The molecule has 0 unspecified atom stereocenters. The number of carbonyl (C=O) groups excluding carboxylic acids is 1. The van der Waals surface area contributed by atoms with Gasteiger partial charge in [0.05, 0.1) is 0 Å². The van der Waals surface area contributed by atoms with Crippen LogP contribution in [0.15, 0.2) is 4.63 Å². The number of nitrogen functional groups attached to an aromatic ring is 1. The molecule has 18 heavy (non-hydrogen) atoms. The smallest absolute Gasteiger partial charge is 0.277 e. The average Bonchev–Trinajstić information content (AvgIpc) is 2.77. The van der Waals surface area contributed by atoms with Crippen molar-refractivity contribution in [2.75, 3.05) is 32.4 Å². The minimum Gasteiger partial charge on any atom is -0.379 e. The Morgan fingerprint density at radius 3 is 2.72 bits per heavy atom. The highest BCUT2D eigenvalue weighted by atomic mass is 16.6. The number of aromatic nitrogens is 2. The summed E-state index contributed by atoms with van der Waals surface area (Å²) < 4.78 is 4.40. The number of hydrogen-bond acceptors (Lipinski definition) is 6. The summed E-state index contributed by atoms with van der Waals surface area (Å²) in [4.78, 5) is 14.1. The third kappa shape index (κ3) is 2.79. The number of nitrogens with two attached hydrogens (primary N) is 1. The second-order valence-corrected chi connectivity index (χ2v) is 5.29. The van der Waals surface area contributed by atoms with Crippen molar-refractivity contribution < 1.29 is 9.42 Å². The molecule has 0 aromatic carbocycles. The van der Waals surface area contributed by atoms with Crippen molar-refractivity contribution in [1.82, 2.24) is 20.5 Å². The van der Waals surface area contributed by atoms with Crippen molar-refractivity contribution in [1.29, 1.82) is 0 Å². The Labute approximate surface area is 106 Å². The minimum atomic E-state index is -0.325. The van der Waals surface area contributed by atoms with Gasteiger partial charge in [-0.3, -0.25) is 4.79 Å². The van der Waals surface area contributed by atoms with E-state index in [0.717, 1.165) is 25.9 Å². The molecule has 0 spiro atoms. The van der Waals surface area contributed by atoms with E-state index in [1.807, 2.05) is 0 Å². The number of carbonyl (C=O) groups is 1. The van der Waals surface area contributed by atoms with Crippen LogP contribution >= 0.6 is 0 Å². The molecule has 0 aliphatic carbocycles. The molecule has 0 saturated carbocycles. The summed E-state index contributed by atoms with van der Waals surface area (Å²) in [6.45, 7) is 4.91. The third-order valence-electron chi connectivity index (χ3n) is 3.60. The van der Waals surface area contributed by atoms with Crippen molar-refractivity contribution in [3.05, 3.63) is 5.69 Å². The zero-order chi connectivity index (χ0) is 13.2. The van der Waals surface area contributed by atoms with Gasteiger partial charge in [0.15, 0.2) is 0 Å². The van der Waals surface area contributed by atoms with Gasteiger partial charge in [-0.25, -0.2) is 4.63 Å². The standard InChI is InChI=1S/C11H19N5O2/c1-11(3-5-16(2)6-4-11)7-13-10(17)8-9(12)15-18-14-8/h3-7H2,1-2H3,(H2,12,15)(H,13,17). The van der Waals surface area contributed by atoms with Crippen LogP contribution in [0.25, 0.3) is 0 Å². The second kappa shape index (κ2) is 4.93. The lowest BCUT2D eigenvalue weighted by Gasteiger charge is -2.37. The Morgan fingerprint density at radius 1 is 1.50 bits per heavy atom. The van der Waals surface area contributed by atoms with Crippen LogP contribution in [0, 0.1) is 5.41 Å². The molecule has 0 atom stereocenters. The molecule has 3 N–H and O–H groups in total. The minimum absolute atomic E-state index is 0.0287. The molecule has 0 radical (unpaired) electrons. The van der Waals surface area contributed by atoms with Gasteiger partial charge in [0.25, 0.3) is 5.91 Å². The maximum absolute atomic E-state index is 11.8. The van der Waals surface area contributed by atoms with E-state index in [2.05, 4.69) is 39.1 Å².